The Labute approximate surface area is 128 Å². The zero-order valence-corrected chi connectivity index (χ0v) is 12.0. The van der Waals surface area contributed by atoms with Crippen molar-refractivity contribution in [2.24, 2.45) is 0 Å². The Morgan fingerprint density at radius 3 is 2.45 bits per heavy atom. The molecule has 1 N–H and O–H groups in total. The molecule has 0 spiro atoms. The van der Waals surface area contributed by atoms with Gasteiger partial charge in [-0.05, 0) is 23.3 Å². The molecule has 3 aromatic rings. The molecule has 1 aromatic heterocycles. The molecule has 0 aliphatic heterocycles. The van der Waals surface area contributed by atoms with Gasteiger partial charge in [-0.1, -0.05) is 42.5 Å². The number of nitrogens with zero attached hydrogens (tertiary/aromatic N) is 3. The smallest absolute Gasteiger partial charge is 0.251 e. The Kier molecular flexibility index (Phi) is 4.25. The summed E-state index contributed by atoms with van der Waals surface area (Å²) in [7, 11) is 0. The first-order valence-electron chi connectivity index (χ1n) is 7.05. The maximum atomic E-state index is 12.1. The highest BCUT2D eigenvalue weighted by atomic mass is 16.1. The van der Waals surface area contributed by atoms with Crippen molar-refractivity contribution in [3.63, 3.8) is 0 Å². The Hall–Kier alpha value is -2.95. The highest BCUT2D eigenvalue weighted by Crippen LogP contribution is 2.10. The minimum atomic E-state index is -0.0730. The van der Waals surface area contributed by atoms with Crippen LogP contribution in [0.15, 0.2) is 67.3 Å². The maximum Gasteiger partial charge on any atom is 0.251 e. The Morgan fingerprint density at radius 1 is 1.00 bits per heavy atom. The molecule has 0 aliphatic rings. The minimum absolute atomic E-state index is 0.0730. The van der Waals surface area contributed by atoms with Gasteiger partial charge in [0.25, 0.3) is 5.91 Å². The van der Waals surface area contributed by atoms with Crippen LogP contribution in [-0.4, -0.2) is 20.7 Å². The minimum Gasteiger partial charge on any atom is -0.348 e. The maximum absolute atomic E-state index is 12.1. The molecule has 0 bridgehead atoms. The fourth-order valence-corrected chi connectivity index (χ4v) is 2.24. The van der Waals surface area contributed by atoms with E-state index in [4.69, 9.17) is 0 Å². The van der Waals surface area contributed by atoms with Gasteiger partial charge < -0.3 is 5.32 Å². The third-order valence-corrected chi connectivity index (χ3v) is 3.39. The summed E-state index contributed by atoms with van der Waals surface area (Å²) in [6.07, 6.45) is 3.19. The van der Waals surface area contributed by atoms with Crippen LogP contribution in [0.2, 0.25) is 0 Å². The number of hydrogen-bond donors (Lipinski definition) is 1. The van der Waals surface area contributed by atoms with Gasteiger partial charge in [-0.3, -0.25) is 4.79 Å². The number of carbonyl (C=O) groups is 1. The molecular weight excluding hydrogens is 276 g/mol. The third kappa shape index (κ3) is 3.38. The first-order chi connectivity index (χ1) is 10.8. The first kappa shape index (κ1) is 14.0. The fraction of sp³-hybridized carbons (Fsp3) is 0.118. The van der Waals surface area contributed by atoms with Crippen molar-refractivity contribution >= 4 is 5.91 Å². The van der Waals surface area contributed by atoms with Crippen LogP contribution in [0, 0.1) is 0 Å². The van der Waals surface area contributed by atoms with Crippen LogP contribution >= 0.6 is 0 Å². The van der Waals surface area contributed by atoms with E-state index < -0.39 is 0 Å². The first-order valence-corrected chi connectivity index (χ1v) is 7.05. The van der Waals surface area contributed by atoms with Crippen molar-refractivity contribution < 1.29 is 4.79 Å². The average Bonchev–Trinajstić information content (AvgIpc) is 3.07. The quantitative estimate of drug-likeness (QED) is 0.784. The summed E-state index contributed by atoms with van der Waals surface area (Å²) in [4.78, 5) is 16.1. The van der Waals surface area contributed by atoms with E-state index in [1.165, 1.54) is 6.33 Å². The van der Waals surface area contributed by atoms with Crippen LogP contribution in [0.1, 0.15) is 21.5 Å². The molecule has 5 heteroatoms. The van der Waals surface area contributed by atoms with Crippen molar-refractivity contribution in [1.82, 2.24) is 20.1 Å². The number of hydrogen-bond acceptors (Lipinski definition) is 3. The van der Waals surface area contributed by atoms with E-state index in [1.807, 2.05) is 42.5 Å². The summed E-state index contributed by atoms with van der Waals surface area (Å²) in [6, 6.07) is 17.2. The molecule has 2 aromatic carbocycles. The van der Waals surface area contributed by atoms with Gasteiger partial charge in [0.15, 0.2) is 0 Å². The zero-order chi connectivity index (χ0) is 15.2. The van der Waals surface area contributed by atoms with E-state index in [-0.39, 0.29) is 5.91 Å². The van der Waals surface area contributed by atoms with E-state index in [0.717, 1.165) is 11.1 Å². The number of carbonyl (C=O) groups excluding carboxylic acids is 1. The second kappa shape index (κ2) is 6.67. The zero-order valence-electron chi connectivity index (χ0n) is 12.0. The normalized spacial score (nSPS) is 10.4. The van der Waals surface area contributed by atoms with Gasteiger partial charge in [0, 0.05) is 12.1 Å². The van der Waals surface area contributed by atoms with E-state index in [0.29, 0.717) is 18.7 Å². The standard InChI is InChI=1S/C17H16N4O/c22-17(14-6-2-1-3-7-14)19-10-15-8-4-5-9-16(15)11-21-13-18-12-20-21/h1-9,12-13H,10-11H2,(H,19,22). The molecule has 0 fully saturated rings. The molecular formula is C17H16N4O. The topological polar surface area (TPSA) is 59.8 Å². The SMILES string of the molecule is O=C(NCc1ccccc1Cn1cncn1)c1ccccc1. The van der Waals surface area contributed by atoms with Crippen LogP contribution in [0.25, 0.3) is 0 Å². The second-order valence-corrected chi connectivity index (χ2v) is 4.91. The summed E-state index contributed by atoms with van der Waals surface area (Å²) in [5.41, 5.74) is 2.85. The number of nitrogens with one attached hydrogen (secondary N) is 1. The molecule has 22 heavy (non-hydrogen) atoms. The summed E-state index contributed by atoms with van der Waals surface area (Å²) in [5, 5.41) is 7.06. The van der Waals surface area contributed by atoms with E-state index in [9.17, 15) is 4.79 Å². The lowest BCUT2D eigenvalue weighted by atomic mass is 10.1. The van der Waals surface area contributed by atoms with Gasteiger partial charge in [-0.2, -0.15) is 5.10 Å². The summed E-state index contributed by atoms with van der Waals surface area (Å²) in [6.45, 7) is 1.12. The molecule has 3 rings (SSSR count). The van der Waals surface area contributed by atoms with Crippen LogP contribution in [-0.2, 0) is 13.1 Å². The number of benzene rings is 2. The van der Waals surface area contributed by atoms with Crippen LogP contribution in [0.3, 0.4) is 0 Å². The van der Waals surface area contributed by atoms with Crippen molar-refractivity contribution in [2.45, 2.75) is 13.1 Å². The van der Waals surface area contributed by atoms with Gasteiger partial charge in [-0.25, -0.2) is 9.67 Å². The van der Waals surface area contributed by atoms with E-state index in [1.54, 1.807) is 23.1 Å². The molecule has 0 atom stereocenters. The molecule has 0 saturated carbocycles. The predicted molar refractivity (Wildman–Crippen MR) is 83.2 cm³/mol. The summed E-state index contributed by atoms with van der Waals surface area (Å²) >= 11 is 0. The Morgan fingerprint density at radius 2 is 1.73 bits per heavy atom. The van der Waals surface area contributed by atoms with Gasteiger partial charge >= 0.3 is 0 Å². The summed E-state index contributed by atoms with van der Waals surface area (Å²) in [5.74, 6) is -0.0730. The van der Waals surface area contributed by atoms with E-state index >= 15 is 0 Å². The van der Waals surface area contributed by atoms with Gasteiger partial charge in [0.1, 0.15) is 12.7 Å². The van der Waals surface area contributed by atoms with Gasteiger partial charge in [-0.15, -0.1) is 0 Å². The molecule has 1 amide bonds. The van der Waals surface area contributed by atoms with Crippen LogP contribution < -0.4 is 5.32 Å². The fourth-order valence-electron chi connectivity index (χ4n) is 2.24. The second-order valence-electron chi connectivity index (χ2n) is 4.91. The predicted octanol–water partition coefficient (Wildman–Crippen LogP) is 2.26. The van der Waals surface area contributed by atoms with Crippen molar-refractivity contribution in [3.8, 4) is 0 Å². The highest BCUT2D eigenvalue weighted by Gasteiger charge is 2.07. The van der Waals surface area contributed by atoms with Gasteiger partial charge in [0.05, 0.1) is 6.54 Å². The Balaban J connectivity index is 1.69. The van der Waals surface area contributed by atoms with E-state index in [2.05, 4.69) is 15.4 Å². The van der Waals surface area contributed by atoms with Crippen molar-refractivity contribution in [1.29, 1.82) is 0 Å². The molecule has 5 nitrogen and oxygen atoms in total. The van der Waals surface area contributed by atoms with Gasteiger partial charge in [0.2, 0.25) is 0 Å². The lowest BCUT2D eigenvalue weighted by molar-refractivity contribution is 0.0951. The monoisotopic (exact) mass is 292 g/mol. The largest absolute Gasteiger partial charge is 0.348 e. The molecule has 0 saturated heterocycles. The summed E-state index contributed by atoms with van der Waals surface area (Å²) < 4.78 is 1.76. The molecule has 0 aliphatic carbocycles. The van der Waals surface area contributed by atoms with Crippen molar-refractivity contribution in [3.05, 3.63) is 83.9 Å². The third-order valence-electron chi connectivity index (χ3n) is 3.39. The lowest BCUT2D eigenvalue weighted by Crippen LogP contribution is -2.23. The number of amides is 1. The molecule has 1 heterocycles. The Bertz CT molecular complexity index is 738. The number of rotatable bonds is 5. The average molecular weight is 292 g/mol. The number of aromatic nitrogens is 3. The van der Waals surface area contributed by atoms with Crippen LogP contribution in [0.4, 0.5) is 0 Å². The molecule has 0 radical (unpaired) electrons. The van der Waals surface area contributed by atoms with Crippen LogP contribution in [0.5, 0.6) is 0 Å². The highest BCUT2D eigenvalue weighted by molar-refractivity contribution is 5.94. The molecule has 110 valence electrons. The molecule has 0 unspecified atom stereocenters. The lowest BCUT2D eigenvalue weighted by Gasteiger charge is -2.10. The van der Waals surface area contributed by atoms with Crippen molar-refractivity contribution in [2.75, 3.05) is 0 Å².